The first-order valence-electron chi connectivity index (χ1n) is 10.3. The fourth-order valence-corrected chi connectivity index (χ4v) is 5.20. The number of hydrogen-bond donors (Lipinski definition) is 1. The maximum atomic E-state index is 6.56. The van der Waals surface area contributed by atoms with Gasteiger partial charge in [-0.2, -0.15) is 0 Å². The summed E-state index contributed by atoms with van der Waals surface area (Å²) in [5.41, 5.74) is 7.35. The Morgan fingerprint density at radius 1 is 1.21 bits per heavy atom. The van der Waals surface area contributed by atoms with E-state index in [-0.39, 0.29) is 29.2 Å². The third-order valence-corrected chi connectivity index (χ3v) is 11.3. The molecule has 1 saturated heterocycles. The lowest BCUT2D eigenvalue weighted by Gasteiger charge is -2.37. The molecule has 9 heteroatoms. The lowest BCUT2D eigenvalue weighted by molar-refractivity contribution is -0.161. The minimum Gasteiger partial charge on any atom is -0.416 e. The maximum Gasteiger partial charge on any atom is 0.191 e. The number of hydrogen-bond acceptors (Lipinski definition) is 7. The summed E-state index contributed by atoms with van der Waals surface area (Å²) in [5.74, 6) is 0.0238. The van der Waals surface area contributed by atoms with Crippen molar-refractivity contribution in [1.82, 2.24) is 19.5 Å². The minimum absolute atomic E-state index is 0.0172. The van der Waals surface area contributed by atoms with E-state index < -0.39 is 14.1 Å². The molecule has 0 spiro atoms. The number of imidazole rings is 1. The van der Waals surface area contributed by atoms with Crippen LogP contribution in [0.4, 0.5) is 5.82 Å². The predicted molar refractivity (Wildman–Crippen MR) is 114 cm³/mol. The standard InChI is InChI=1S/C20H33N5O3Si/c1-19(2,3)29(6,7)26-9-12-8-13(16-15(12)27-20(4,5)28-16)25-11-24-14-17(21)22-10-23-18(14)25/h10-13,15-16H,8-9H2,1-7H3,(H2,21,22,23)/t12-,13+,15-,16+/m1/s1. The highest BCUT2D eigenvalue weighted by Gasteiger charge is 2.55. The molecular formula is C20H33N5O3Si. The highest BCUT2D eigenvalue weighted by Crippen LogP contribution is 2.48. The van der Waals surface area contributed by atoms with Gasteiger partial charge in [0.1, 0.15) is 17.9 Å². The molecule has 0 amide bonds. The number of nitrogens with two attached hydrogens (primary N) is 1. The lowest BCUT2D eigenvalue weighted by Crippen LogP contribution is -2.43. The van der Waals surface area contributed by atoms with Gasteiger partial charge in [0.05, 0.1) is 18.5 Å². The van der Waals surface area contributed by atoms with Crippen molar-refractivity contribution in [1.29, 1.82) is 0 Å². The summed E-state index contributed by atoms with van der Waals surface area (Å²) in [7, 11) is -1.84. The molecule has 2 aliphatic rings. The summed E-state index contributed by atoms with van der Waals surface area (Å²) in [6, 6.07) is 0.0640. The molecule has 4 rings (SSSR count). The first-order valence-corrected chi connectivity index (χ1v) is 13.2. The van der Waals surface area contributed by atoms with Crippen LogP contribution in [0.3, 0.4) is 0 Å². The molecule has 2 aromatic rings. The zero-order valence-corrected chi connectivity index (χ0v) is 19.5. The Morgan fingerprint density at radius 3 is 2.59 bits per heavy atom. The van der Waals surface area contributed by atoms with Crippen molar-refractivity contribution >= 4 is 25.3 Å². The van der Waals surface area contributed by atoms with Crippen molar-refractivity contribution in [3.8, 4) is 0 Å². The van der Waals surface area contributed by atoms with Crippen molar-refractivity contribution in [3.63, 3.8) is 0 Å². The second-order valence-electron chi connectivity index (χ2n) is 10.3. The van der Waals surface area contributed by atoms with Crippen LogP contribution >= 0.6 is 0 Å². The fraction of sp³-hybridized carbons (Fsp3) is 0.750. The van der Waals surface area contributed by atoms with Crippen LogP contribution in [0.5, 0.6) is 0 Å². The largest absolute Gasteiger partial charge is 0.416 e. The van der Waals surface area contributed by atoms with E-state index in [2.05, 4.69) is 53.4 Å². The quantitative estimate of drug-likeness (QED) is 0.757. The van der Waals surface area contributed by atoms with Gasteiger partial charge < -0.3 is 24.2 Å². The van der Waals surface area contributed by atoms with Gasteiger partial charge in [0.25, 0.3) is 0 Å². The third kappa shape index (κ3) is 3.58. The van der Waals surface area contributed by atoms with Gasteiger partial charge >= 0.3 is 0 Å². The normalized spacial score (nSPS) is 29.5. The van der Waals surface area contributed by atoms with E-state index in [1.807, 2.05) is 13.8 Å². The van der Waals surface area contributed by atoms with Gasteiger partial charge in [-0.25, -0.2) is 15.0 Å². The van der Waals surface area contributed by atoms with Gasteiger partial charge in [-0.05, 0) is 38.4 Å². The number of aromatic nitrogens is 4. The second-order valence-corrected chi connectivity index (χ2v) is 15.1. The van der Waals surface area contributed by atoms with Gasteiger partial charge in [-0.15, -0.1) is 0 Å². The van der Waals surface area contributed by atoms with Crippen molar-refractivity contribution < 1.29 is 13.9 Å². The molecular weight excluding hydrogens is 386 g/mol. The molecule has 3 heterocycles. The smallest absolute Gasteiger partial charge is 0.191 e. The molecule has 29 heavy (non-hydrogen) atoms. The summed E-state index contributed by atoms with van der Waals surface area (Å²) < 4.78 is 21.3. The first kappa shape index (κ1) is 20.7. The Kier molecular flexibility index (Phi) is 4.81. The number of fused-ring (bicyclic) bond motifs is 2. The summed E-state index contributed by atoms with van der Waals surface area (Å²) >= 11 is 0. The summed E-state index contributed by atoms with van der Waals surface area (Å²) in [5, 5.41) is 0.172. The van der Waals surface area contributed by atoms with Crippen molar-refractivity contribution in [2.75, 3.05) is 12.3 Å². The molecule has 1 aliphatic carbocycles. The van der Waals surface area contributed by atoms with E-state index in [9.17, 15) is 0 Å². The van der Waals surface area contributed by atoms with Gasteiger partial charge in [-0.1, -0.05) is 20.8 Å². The van der Waals surface area contributed by atoms with Gasteiger partial charge in [0, 0.05) is 12.5 Å². The molecule has 8 nitrogen and oxygen atoms in total. The van der Waals surface area contributed by atoms with Crippen LogP contribution in [0.1, 0.15) is 47.1 Å². The Labute approximate surface area is 173 Å². The molecule has 1 aliphatic heterocycles. The van der Waals surface area contributed by atoms with Crippen molar-refractivity contribution in [3.05, 3.63) is 12.7 Å². The molecule has 160 valence electrons. The van der Waals surface area contributed by atoms with Crippen LogP contribution in [0, 0.1) is 5.92 Å². The van der Waals surface area contributed by atoms with E-state index in [0.29, 0.717) is 17.9 Å². The SMILES string of the molecule is CC1(C)O[C@@H]2[C@@H](CO[Si](C)(C)C(C)(C)C)C[C@H](n3cnc4c(N)ncnc43)[C@@H]2O1. The van der Waals surface area contributed by atoms with Crippen molar-refractivity contribution in [2.45, 2.75) is 83.2 Å². The monoisotopic (exact) mass is 419 g/mol. The highest BCUT2D eigenvalue weighted by atomic mass is 28.4. The van der Waals surface area contributed by atoms with Crippen LogP contribution in [-0.2, 0) is 13.9 Å². The fourth-order valence-electron chi connectivity index (χ4n) is 4.14. The number of rotatable bonds is 4. The summed E-state index contributed by atoms with van der Waals surface area (Å²) in [6.07, 6.45) is 4.07. The van der Waals surface area contributed by atoms with Crippen molar-refractivity contribution in [2.24, 2.45) is 5.92 Å². The zero-order valence-electron chi connectivity index (χ0n) is 18.5. The van der Waals surface area contributed by atoms with E-state index in [4.69, 9.17) is 19.6 Å². The zero-order chi connectivity index (χ0) is 21.2. The minimum atomic E-state index is -1.84. The molecule has 2 N–H and O–H groups in total. The molecule has 0 aromatic carbocycles. The van der Waals surface area contributed by atoms with Crippen LogP contribution in [0.2, 0.25) is 18.1 Å². The van der Waals surface area contributed by atoms with Crippen LogP contribution < -0.4 is 5.73 Å². The molecule has 2 aromatic heterocycles. The van der Waals surface area contributed by atoms with Crippen LogP contribution in [0.15, 0.2) is 12.7 Å². The average Bonchev–Trinajstić information content (AvgIpc) is 3.24. The average molecular weight is 420 g/mol. The van der Waals surface area contributed by atoms with E-state index in [0.717, 1.165) is 12.1 Å². The second kappa shape index (κ2) is 6.73. The van der Waals surface area contributed by atoms with E-state index in [1.165, 1.54) is 6.33 Å². The predicted octanol–water partition coefficient (Wildman–Crippen LogP) is 3.51. The summed E-state index contributed by atoms with van der Waals surface area (Å²) in [6.45, 7) is 16.0. The molecule has 2 fully saturated rings. The number of ether oxygens (including phenoxy) is 2. The van der Waals surface area contributed by atoms with Crippen LogP contribution in [-0.4, -0.2) is 52.4 Å². The third-order valence-electron chi connectivity index (χ3n) is 6.76. The van der Waals surface area contributed by atoms with E-state index in [1.54, 1.807) is 6.33 Å². The Balaban J connectivity index is 1.62. The van der Waals surface area contributed by atoms with Gasteiger partial charge in [0.15, 0.2) is 25.6 Å². The van der Waals surface area contributed by atoms with Gasteiger partial charge in [-0.3, -0.25) is 0 Å². The summed E-state index contributed by atoms with van der Waals surface area (Å²) in [4.78, 5) is 12.9. The number of nitrogen functional groups attached to an aromatic ring is 1. The number of anilines is 1. The number of nitrogens with zero attached hydrogens (tertiary/aromatic N) is 4. The molecule has 0 unspecified atom stereocenters. The van der Waals surface area contributed by atoms with Gasteiger partial charge in [0.2, 0.25) is 0 Å². The molecule has 1 saturated carbocycles. The highest BCUT2D eigenvalue weighted by molar-refractivity contribution is 6.74. The van der Waals surface area contributed by atoms with E-state index >= 15 is 0 Å². The Bertz CT molecular complexity index is 907. The molecule has 0 bridgehead atoms. The first-order chi connectivity index (χ1) is 13.4. The maximum absolute atomic E-state index is 6.56. The lowest BCUT2D eigenvalue weighted by atomic mass is 10.1. The Morgan fingerprint density at radius 2 is 1.90 bits per heavy atom. The topological polar surface area (TPSA) is 97.3 Å². The Hall–Kier alpha value is -1.55. The molecule has 0 radical (unpaired) electrons. The molecule has 4 atom stereocenters. The van der Waals surface area contributed by atoms with Crippen LogP contribution in [0.25, 0.3) is 11.2 Å².